The van der Waals surface area contributed by atoms with E-state index in [9.17, 15) is 9.59 Å². The summed E-state index contributed by atoms with van der Waals surface area (Å²) in [5, 5.41) is 0. The molecule has 7 heteroatoms. The lowest BCUT2D eigenvalue weighted by Crippen LogP contribution is -2.37. The second-order valence-electron chi connectivity index (χ2n) is 8.25. The third kappa shape index (κ3) is 5.59. The number of methoxy groups -OCH3 is 2. The molecule has 2 aromatic carbocycles. The second kappa shape index (κ2) is 11.2. The van der Waals surface area contributed by atoms with Crippen LogP contribution in [0.25, 0.3) is 10.4 Å². The lowest BCUT2D eigenvalue weighted by molar-refractivity contribution is -0.131. The molecular weight excluding hydrogens is 448 g/mol. The summed E-state index contributed by atoms with van der Waals surface area (Å²) in [5.41, 5.74) is 2.18. The van der Waals surface area contributed by atoms with E-state index in [1.54, 1.807) is 14.2 Å². The lowest BCUT2D eigenvalue weighted by Gasteiger charge is -2.22. The van der Waals surface area contributed by atoms with E-state index in [-0.39, 0.29) is 11.8 Å². The lowest BCUT2D eigenvalue weighted by atomic mass is 10.1. The largest absolute Gasteiger partial charge is 0.497 e. The summed E-state index contributed by atoms with van der Waals surface area (Å²) >= 11 is 1.46. The predicted molar refractivity (Wildman–Crippen MR) is 135 cm³/mol. The maximum atomic E-state index is 13.4. The molecule has 0 saturated carbocycles. The molecule has 0 N–H and O–H groups in total. The molecule has 0 radical (unpaired) electrons. The molecule has 1 aromatic heterocycles. The highest BCUT2D eigenvalue weighted by Crippen LogP contribution is 2.37. The first-order valence-corrected chi connectivity index (χ1v) is 12.3. The second-order valence-corrected chi connectivity index (χ2v) is 9.30. The number of carbonyl (C=O) groups is 2. The fraction of sp³-hybridized carbons (Fsp3) is 0.333. The van der Waals surface area contributed by atoms with Gasteiger partial charge in [0.1, 0.15) is 16.4 Å². The molecule has 3 aromatic rings. The van der Waals surface area contributed by atoms with Gasteiger partial charge in [-0.15, -0.1) is 11.3 Å². The molecule has 0 bridgehead atoms. The normalized spacial score (nSPS) is 13.9. The molecule has 0 unspecified atom stereocenters. The minimum Gasteiger partial charge on any atom is -0.497 e. The van der Waals surface area contributed by atoms with Crippen LogP contribution in [0.5, 0.6) is 11.5 Å². The third-order valence-electron chi connectivity index (χ3n) is 6.09. The van der Waals surface area contributed by atoms with E-state index < -0.39 is 0 Å². The Bertz CT molecular complexity index is 1110. The minimum atomic E-state index is -0.0310. The van der Waals surface area contributed by atoms with Gasteiger partial charge in [0, 0.05) is 37.5 Å². The molecule has 0 spiro atoms. The van der Waals surface area contributed by atoms with E-state index in [1.807, 2.05) is 70.5 Å². The van der Waals surface area contributed by atoms with Crippen LogP contribution in [0.1, 0.15) is 28.1 Å². The molecule has 34 heavy (non-hydrogen) atoms. The summed E-state index contributed by atoms with van der Waals surface area (Å²) in [6, 6.07) is 19.7. The van der Waals surface area contributed by atoms with Gasteiger partial charge in [-0.25, -0.2) is 0 Å². The average molecular weight is 479 g/mol. The zero-order chi connectivity index (χ0) is 23.9. The maximum absolute atomic E-state index is 13.4. The number of hydrogen-bond acceptors (Lipinski definition) is 5. The molecular formula is C27H30N2O4S. The van der Waals surface area contributed by atoms with Crippen molar-refractivity contribution in [2.45, 2.75) is 19.3 Å². The van der Waals surface area contributed by atoms with Crippen LogP contribution in [0.15, 0.2) is 60.7 Å². The van der Waals surface area contributed by atoms with Crippen LogP contribution < -0.4 is 9.47 Å². The Morgan fingerprint density at radius 3 is 2.29 bits per heavy atom. The topological polar surface area (TPSA) is 59.1 Å². The van der Waals surface area contributed by atoms with Gasteiger partial charge in [-0.1, -0.05) is 42.5 Å². The van der Waals surface area contributed by atoms with Crippen molar-refractivity contribution in [3.63, 3.8) is 0 Å². The summed E-state index contributed by atoms with van der Waals surface area (Å²) in [6.45, 7) is 2.37. The van der Waals surface area contributed by atoms with Crippen LogP contribution >= 0.6 is 11.3 Å². The van der Waals surface area contributed by atoms with Crippen molar-refractivity contribution in [2.75, 3.05) is 40.4 Å². The minimum absolute atomic E-state index is 0.0310. The number of amides is 2. The highest BCUT2D eigenvalue weighted by molar-refractivity contribution is 7.17. The number of nitrogens with zero attached hydrogens (tertiary/aromatic N) is 2. The zero-order valence-corrected chi connectivity index (χ0v) is 20.5. The Labute approximate surface area is 204 Å². The van der Waals surface area contributed by atoms with Crippen molar-refractivity contribution >= 4 is 23.2 Å². The van der Waals surface area contributed by atoms with Crippen molar-refractivity contribution in [3.05, 3.63) is 71.1 Å². The predicted octanol–water partition coefficient (Wildman–Crippen LogP) is 4.74. The molecule has 1 aliphatic heterocycles. The standard InChI is InChI=1S/C27H30N2O4S/c1-32-22-12-9-20(10-13-22)11-14-25(30)28-15-6-16-29(18-17-28)27(31)26-23(33-2)19-24(34-26)21-7-4-3-5-8-21/h3-5,7-10,12-13,19H,6,11,14-18H2,1-2H3. The van der Waals surface area contributed by atoms with Crippen molar-refractivity contribution in [1.29, 1.82) is 0 Å². The zero-order valence-electron chi connectivity index (χ0n) is 19.7. The number of benzene rings is 2. The average Bonchev–Trinajstić information content (AvgIpc) is 3.17. The van der Waals surface area contributed by atoms with Gasteiger partial charge in [-0.2, -0.15) is 0 Å². The van der Waals surface area contributed by atoms with E-state index >= 15 is 0 Å². The van der Waals surface area contributed by atoms with E-state index in [0.717, 1.165) is 28.2 Å². The molecule has 1 aliphatic rings. The van der Waals surface area contributed by atoms with Crippen LogP contribution in [0.4, 0.5) is 0 Å². The van der Waals surface area contributed by atoms with Crippen molar-refractivity contribution in [2.24, 2.45) is 0 Å². The van der Waals surface area contributed by atoms with E-state index in [1.165, 1.54) is 11.3 Å². The highest BCUT2D eigenvalue weighted by Gasteiger charge is 2.26. The molecule has 1 saturated heterocycles. The summed E-state index contributed by atoms with van der Waals surface area (Å²) < 4.78 is 10.7. The molecule has 0 aliphatic carbocycles. The number of carbonyl (C=O) groups excluding carboxylic acids is 2. The molecule has 2 amide bonds. The summed E-state index contributed by atoms with van der Waals surface area (Å²) in [6.07, 6.45) is 1.91. The van der Waals surface area contributed by atoms with Crippen molar-refractivity contribution in [1.82, 2.24) is 9.80 Å². The van der Waals surface area contributed by atoms with Crippen LogP contribution in [0.2, 0.25) is 0 Å². The van der Waals surface area contributed by atoms with Crippen LogP contribution in [-0.2, 0) is 11.2 Å². The van der Waals surface area contributed by atoms with Gasteiger partial charge in [0.2, 0.25) is 5.91 Å². The number of thiophene rings is 1. The number of hydrogen-bond donors (Lipinski definition) is 0. The highest BCUT2D eigenvalue weighted by atomic mass is 32.1. The van der Waals surface area contributed by atoms with Crippen LogP contribution in [0, 0.1) is 0 Å². The van der Waals surface area contributed by atoms with Gasteiger partial charge in [0.15, 0.2) is 0 Å². The Balaban J connectivity index is 1.36. The van der Waals surface area contributed by atoms with Crippen molar-refractivity contribution in [3.8, 4) is 21.9 Å². The van der Waals surface area contributed by atoms with E-state index in [4.69, 9.17) is 9.47 Å². The molecule has 1 fully saturated rings. The van der Waals surface area contributed by atoms with E-state index in [2.05, 4.69) is 0 Å². The summed E-state index contributed by atoms with van der Waals surface area (Å²) in [4.78, 5) is 31.5. The van der Waals surface area contributed by atoms with Gasteiger partial charge < -0.3 is 19.3 Å². The monoisotopic (exact) mass is 478 g/mol. The van der Waals surface area contributed by atoms with Gasteiger partial charge >= 0.3 is 0 Å². The number of aryl methyl sites for hydroxylation is 1. The first kappa shape index (κ1) is 23.8. The molecule has 6 nitrogen and oxygen atoms in total. The number of rotatable bonds is 7. The van der Waals surface area contributed by atoms with Gasteiger partial charge in [-0.05, 0) is 42.2 Å². The Kier molecular flexibility index (Phi) is 7.85. The Morgan fingerprint density at radius 1 is 0.882 bits per heavy atom. The first-order valence-electron chi connectivity index (χ1n) is 11.5. The smallest absolute Gasteiger partial charge is 0.267 e. The first-order chi connectivity index (χ1) is 16.6. The maximum Gasteiger partial charge on any atom is 0.267 e. The fourth-order valence-electron chi connectivity index (χ4n) is 4.13. The fourth-order valence-corrected chi connectivity index (χ4v) is 5.23. The SMILES string of the molecule is COc1ccc(CCC(=O)N2CCCN(C(=O)c3sc(-c4ccccc4)cc3OC)CC2)cc1. The van der Waals surface area contributed by atoms with Gasteiger partial charge in [0.05, 0.1) is 14.2 Å². The van der Waals surface area contributed by atoms with E-state index in [0.29, 0.717) is 49.6 Å². The summed E-state index contributed by atoms with van der Waals surface area (Å²) in [7, 11) is 3.24. The van der Waals surface area contributed by atoms with Gasteiger partial charge in [0.25, 0.3) is 5.91 Å². The van der Waals surface area contributed by atoms with Gasteiger partial charge in [-0.3, -0.25) is 9.59 Å². The Hall–Kier alpha value is -3.32. The molecule has 2 heterocycles. The number of ether oxygens (including phenoxy) is 2. The molecule has 4 rings (SSSR count). The van der Waals surface area contributed by atoms with Crippen molar-refractivity contribution < 1.29 is 19.1 Å². The molecule has 0 atom stereocenters. The Morgan fingerprint density at radius 2 is 1.59 bits per heavy atom. The quantitative estimate of drug-likeness (QED) is 0.492. The van der Waals surface area contributed by atoms with Crippen LogP contribution in [-0.4, -0.2) is 62.0 Å². The third-order valence-corrected chi connectivity index (χ3v) is 7.25. The molecule has 178 valence electrons. The summed E-state index contributed by atoms with van der Waals surface area (Å²) in [5.74, 6) is 1.51. The van der Waals surface area contributed by atoms with Crippen LogP contribution in [0.3, 0.4) is 0 Å².